The number of fused-ring (bicyclic) bond motifs is 1. The molecule has 20 heavy (non-hydrogen) atoms. The van der Waals surface area contributed by atoms with Crippen LogP contribution in [-0.4, -0.2) is 22.1 Å². The molecule has 0 aliphatic carbocycles. The van der Waals surface area contributed by atoms with Gasteiger partial charge in [-0.15, -0.1) is 12.3 Å². The van der Waals surface area contributed by atoms with Crippen molar-refractivity contribution in [2.75, 3.05) is 6.61 Å². The number of imidazole rings is 1. The van der Waals surface area contributed by atoms with Crippen LogP contribution in [0.2, 0.25) is 0 Å². The van der Waals surface area contributed by atoms with Gasteiger partial charge in [-0.05, 0) is 25.7 Å². The third-order valence-electron chi connectivity index (χ3n) is 3.53. The Morgan fingerprint density at radius 1 is 1.45 bits per heavy atom. The number of esters is 1. The largest absolute Gasteiger partial charge is 0.465 e. The minimum atomic E-state index is -0.133. The Kier molecular flexibility index (Phi) is 5.67. The molecule has 0 aromatic carbocycles. The number of unbranched alkanes of at least 4 members (excludes halogenated alkanes) is 2. The van der Waals surface area contributed by atoms with Gasteiger partial charge in [0.15, 0.2) is 0 Å². The zero-order valence-electron chi connectivity index (χ0n) is 11.9. The molecule has 0 radical (unpaired) electrons. The van der Waals surface area contributed by atoms with Gasteiger partial charge in [0.25, 0.3) is 0 Å². The van der Waals surface area contributed by atoms with Gasteiger partial charge in [-0.2, -0.15) is 0 Å². The highest BCUT2D eigenvalue weighted by atomic mass is 16.5. The Bertz CT molecular complexity index is 462. The summed E-state index contributed by atoms with van der Waals surface area (Å²) in [7, 11) is 0. The molecule has 1 aromatic heterocycles. The fourth-order valence-electron chi connectivity index (χ4n) is 2.43. The molecule has 0 N–H and O–H groups in total. The number of carbonyl (C=O) groups excluding carboxylic acids is 1. The van der Waals surface area contributed by atoms with Crippen molar-refractivity contribution in [3.8, 4) is 12.3 Å². The van der Waals surface area contributed by atoms with Crippen LogP contribution < -0.4 is 0 Å². The maximum atomic E-state index is 11.5. The topological polar surface area (TPSA) is 44.1 Å². The maximum Gasteiger partial charge on any atom is 0.305 e. The molecule has 0 bridgehead atoms. The van der Waals surface area contributed by atoms with Crippen molar-refractivity contribution in [3.05, 3.63) is 17.7 Å². The molecule has 4 nitrogen and oxygen atoms in total. The van der Waals surface area contributed by atoms with E-state index >= 15 is 0 Å². The van der Waals surface area contributed by atoms with Crippen LogP contribution in [0.15, 0.2) is 6.20 Å². The highest BCUT2D eigenvalue weighted by Gasteiger charge is 2.12. The van der Waals surface area contributed by atoms with Gasteiger partial charge in [-0.1, -0.05) is 0 Å². The molecule has 0 saturated heterocycles. The van der Waals surface area contributed by atoms with Crippen molar-refractivity contribution in [2.45, 2.75) is 57.9 Å². The first-order valence-electron chi connectivity index (χ1n) is 7.43. The fourth-order valence-corrected chi connectivity index (χ4v) is 2.43. The second-order valence-electron chi connectivity index (χ2n) is 5.18. The van der Waals surface area contributed by atoms with Crippen molar-refractivity contribution >= 4 is 5.97 Å². The lowest BCUT2D eigenvalue weighted by molar-refractivity contribution is -0.143. The first kappa shape index (κ1) is 14.6. The SMILES string of the molecule is C#CCCCCC(=O)OCCc1cn2c(n1)CCCC2. The van der Waals surface area contributed by atoms with E-state index in [1.807, 2.05) is 0 Å². The Morgan fingerprint density at radius 2 is 2.35 bits per heavy atom. The molecule has 0 atom stereocenters. The average molecular weight is 274 g/mol. The van der Waals surface area contributed by atoms with Crippen molar-refractivity contribution in [2.24, 2.45) is 0 Å². The molecule has 0 unspecified atom stereocenters. The van der Waals surface area contributed by atoms with E-state index in [0.29, 0.717) is 19.4 Å². The van der Waals surface area contributed by atoms with Gasteiger partial charge in [0.2, 0.25) is 0 Å². The number of hydrogen-bond acceptors (Lipinski definition) is 3. The van der Waals surface area contributed by atoms with Crippen LogP contribution >= 0.6 is 0 Å². The van der Waals surface area contributed by atoms with Gasteiger partial charge in [-0.25, -0.2) is 4.98 Å². The summed E-state index contributed by atoms with van der Waals surface area (Å²) in [5.74, 6) is 3.61. The van der Waals surface area contributed by atoms with Crippen LogP contribution in [0.3, 0.4) is 0 Å². The molecule has 1 aliphatic heterocycles. The Hall–Kier alpha value is -1.76. The summed E-state index contributed by atoms with van der Waals surface area (Å²) in [6.07, 6.45) is 14.4. The van der Waals surface area contributed by atoms with Gasteiger partial charge >= 0.3 is 5.97 Å². The number of hydrogen-bond donors (Lipinski definition) is 0. The summed E-state index contributed by atoms with van der Waals surface area (Å²) in [5.41, 5.74) is 1.03. The summed E-state index contributed by atoms with van der Waals surface area (Å²) < 4.78 is 7.44. The van der Waals surface area contributed by atoms with E-state index in [4.69, 9.17) is 11.2 Å². The van der Waals surface area contributed by atoms with Crippen LogP contribution in [0.5, 0.6) is 0 Å². The molecule has 2 heterocycles. The summed E-state index contributed by atoms with van der Waals surface area (Å²) in [6.45, 7) is 1.49. The lowest BCUT2D eigenvalue weighted by Crippen LogP contribution is -2.08. The van der Waals surface area contributed by atoms with E-state index in [1.54, 1.807) is 0 Å². The molecule has 2 rings (SSSR count). The van der Waals surface area contributed by atoms with E-state index in [1.165, 1.54) is 18.7 Å². The molecule has 0 fully saturated rings. The van der Waals surface area contributed by atoms with E-state index in [-0.39, 0.29) is 5.97 Å². The number of rotatable bonds is 7. The highest BCUT2D eigenvalue weighted by molar-refractivity contribution is 5.69. The van der Waals surface area contributed by atoms with Crippen molar-refractivity contribution in [1.29, 1.82) is 0 Å². The quantitative estimate of drug-likeness (QED) is 0.436. The average Bonchev–Trinajstić information content (AvgIpc) is 2.86. The number of ether oxygens (including phenoxy) is 1. The first-order chi connectivity index (χ1) is 9.79. The van der Waals surface area contributed by atoms with Crippen molar-refractivity contribution in [1.82, 2.24) is 9.55 Å². The standard InChI is InChI=1S/C16H22N2O2/c1-2-3-4-5-9-16(19)20-12-10-14-13-18-11-7-6-8-15(18)17-14/h1,13H,3-12H2. The maximum absolute atomic E-state index is 11.5. The molecule has 4 heteroatoms. The zero-order valence-corrected chi connectivity index (χ0v) is 11.9. The first-order valence-corrected chi connectivity index (χ1v) is 7.43. The number of aryl methyl sites for hydroxylation is 2. The van der Waals surface area contributed by atoms with E-state index in [0.717, 1.165) is 37.9 Å². The molecule has 0 amide bonds. The number of nitrogens with zero attached hydrogens (tertiary/aromatic N) is 2. The van der Waals surface area contributed by atoms with E-state index < -0.39 is 0 Å². The van der Waals surface area contributed by atoms with E-state index in [9.17, 15) is 4.79 Å². The monoisotopic (exact) mass is 274 g/mol. The molecular weight excluding hydrogens is 252 g/mol. The van der Waals surface area contributed by atoms with Crippen molar-refractivity contribution in [3.63, 3.8) is 0 Å². The lowest BCUT2D eigenvalue weighted by atomic mass is 10.2. The van der Waals surface area contributed by atoms with Gasteiger partial charge in [0, 0.05) is 38.4 Å². The Balaban J connectivity index is 1.64. The molecule has 1 aromatic rings. The lowest BCUT2D eigenvalue weighted by Gasteiger charge is -2.11. The molecule has 1 aliphatic rings. The summed E-state index contributed by atoms with van der Waals surface area (Å²) in [4.78, 5) is 16.1. The second kappa shape index (κ2) is 7.74. The normalized spacial score (nSPS) is 13.6. The predicted octanol–water partition coefficient (Wildman–Crippen LogP) is 2.50. The molecular formula is C16H22N2O2. The van der Waals surface area contributed by atoms with Crippen LogP contribution in [0.4, 0.5) is 0 Å². The smallest absolute Gasteiger partial charge is 0.305 e. The van der Waals surface area contributed by atoms with Crippen LogP contribution in [0.25, 0.3) is 0 Å². The number of carbonyl (C=O) groups is 1. The van der Waals surface area contributed by atoms with Gasteiger partial charge < -0.3 is 9.30 Å². The third-order valence-corrected chi connectivity index (χ3v) is 3.53. The van der Waals surface area contributed by atoms with Crippen LogP contribution in [0.1, 0.15) is 50.0 Å². The Morgan fingerprint density at radius 3 is 3.15 bits per heavy atom. The summed E-state index contributed by atoms with van der Waals surface area (Å²) >= 11 is 0. The fraction of sp³-hybridized carbons (Fsp3) is 0.625. The number of terminal acetylenes is 1. The minimum absolute atomic E-state index is 0.133. The van der Waals surface area contributed by atoms with Crippen molar-refractivity contribution < 1.29 is 9.53 Å². The Labute approximate surface area is 120 Å². The number of aromatic nitrogens is 2. The van der Waals surface area contributed by atoms with Crippen LogP contribution in [-0.2, 0) is 28.9 Å². The van der Waals surface area contributed by atoms with Gasteiger partial charge in [-0.3, -0.25) is 4.79 Å². The zero-order chi connectivity index (χ0) is 14.2. The van der Waals surface area contributed by atoms with Crippen LogP contribution in [0, 0.1) is 12.3 Å². The van der Waals surface area contributed by atoms with E-state index in [2.05, 4.69) is 21.7 Å². The molecule has 0 spiro atoms. The minimum Gasteiger partial charge on any atom is -0.465 e. The second-order valence-corrected chi connectivity index (χ2v) is 5.18. The third kappa shape index (κ3) is 4.41. The van der Waals surface area contributed by atoms with Gasteiger partial charge in [0.1, 0.15) is 5.82 Å². The molecule has 0 saturated carbocycles. The molecule has 108 valence electrons. The predicted molar refractivity (Wildman–Crippen MR) is 77.1 cm³/mol. The summed E-state index contributed by atoms with van der Waals surface area (Å²) in [5, 5.41) is 0. The summed E-state index contributed by atoms with van der Waals surface area (Å²) in [6, 6.07) is 0. The van der Waals surface area contributed by atoms with Gasteiger partial charge in [0.05, 0.1) is 12.3 Å². The highest BCUT2D eigenvalue weighted by Crippen LogP contribution is 2.14.